The van der Waals surface area contributed by atoms with Crippen molar-refractivity contribution >= 4 is 38.9 Å². The Labute approximate surface area is 201 Å². The Kier molecular flexibility index (Phi) is 6.47. The number of phenolic OH excluding ortho intramolecular Hbond substituents is 1. The lowest BCUT2D eigenvalue weighted by molar-refractivity contribution is 0.452. The van der Waals surface area contributed by atoms with Crippen molar-refractivity contribution in [3.8, 4) is 5.75 Å². The summed E-state index contributed by atoms with van der Waals surface area (Å²) in [5, 5.41) is 17.0. The molecule has 0 bridgehead atoms. The summed E-state index contributed by atoms with van der Waals surface area (Å²) in [5.41, 5.74) is 0.804. The smallest absolute Gasteiger partial charge is 0.247 e. The summed E-state index contributed by atoms with van der Waals surface area (Å²) in [7, 11) is -1.31. The van der Waals surface area contributed by atoms with Crippen LogP contribution < -0.4 is 21.6 Å². The van der Waals surface area contributed by atoms with Crippen molar-refractivity contribution in [2.24, 2.45) is 9.98 Å². The number of aryl methyl sites for hydroxylation is 1. The molecule has 1 aromatic carbocycles. The van der Waals surface area contributed by atoms with Crippen molar-refractivity contribution in [2.75, 3.05) is 31.4 Å². The Balaban J connectivity index is 1.78. The Morgan fingerprint density at radius 2 is 1.82 bits per heavy atom. The molecule has 1 atom stereocenters. The molecule has 11 nitrogen and oxygen atoms in total. The topological polar surface area (TPSA) is 145 Å². The standard InChI is InChI=1S/C21H24ClN7O4S/c1-5-13(15-9-6-11(2)33-15)25-20-21(28-19-18(27-20)23-10-24-19)26-14-8-7-12(22)17(16(14)30)34(31,32)29(3)4/h6-9,13,30H,5,10H2,1-4H3,(H,23,25,27)(H,24,26,28)/t13-/m1/s1. The number of phenols is 1. The van der Waals surface area contributed by atoms with Crippen molar-refractivity contribution in [1.29, 1.82) is 0 Å². The molecule has 2 aromatic heterocycles. The van der Waals surface area contributed by atoms with Crippen LogP contribution in [-0.4, -0.2) is 48.6 Å². The first kappa shape index (κ1) is 23.9. The van der Waals surface area contributed by atoms with E-state index in [1.165, 1.54) is 26.2 Å². The minimum absolute atomic E-state index is 0.0824. The molecule has 180 valence electrons. The fourth-order valence-electron chi connectivity index (χ4n) is 3.37. The number of hydrogen-bond acceptors (Lipinski definition) is 10. The van der Waals surface area contributed by atoms with Gasteiger partial charge in [0.2, 0.25) is 10.0 Å². The molecule has 1 aliphatic rings. The third kappa shape index (κ3) is 4.43. The van der Waals surface area contributed by atoms with Crippen LogP contribution in [0, 0.1) is 6.92 Å². The van der Waals surface area contributed by atoms with Gasteiger partial charge in [0.25, 0.3) is 0 Å². The predicted octanol–water partition coefficient (Wildman–Crippen LogP) is 2.50. The largest absolute Gasteiger partial charge is 0.504 e. The van der Waals surface area contributed by atoms with Gasteiger partial charge in [-0.25, -0.2) is 32.7 Å². The lowest BCUT2D eigenvalue weighted by atomic mass is 10.1. The first-order valence-electron chi connectivity index (χ1n) is 10.4. The highest BCUT2D eigenvalue weighted by Gasteiger charge is 2.28. The lowest BCUT2D eigenvalue weighted by Gasteiger charge is -2.19. The molecular formula is C21H24ClN7O4S. The van der Waals surface area contributed by atoms with Crippen LogP contribution in [0.2, 0.25) is 5.02 Å². The van der Waals surface area contributed by atoms with Crippen molar-refractivity contribution in [1.82, 2.24) is 14.3 Å². The van der Waals surface area contributed by atoms with Gasteiger partial charge in [0.1, 0.15) is 23.1 Å². The molecule has 1 aliphatic heterocycles. The van der Waals surface area contributed by atoms with E-state index in [0.717, 1.165) is 15.8 Å². The average Bonchev–Trinajstić information content (AvgIpc) is 3.42. The highest BCUT2D eigenvalue weighted by molar-refractivity contribution is 7.89. The number of hydrogen-bond donors (Lipinski definition) is 3. The maximum absolute atomic E-state index is 12.7. The molecule has 3 heterocycles. The molecule has 13 heteroatoms. The summed E-state index contributed by atoms with van der Waals surface area (Å²) in [6, 6.07) is 6.38. The monoisotopic (exact) mass is 505 g/mol. The number of aromatic hydroxyl groups is 1. The van der Waals surface area contributed by atoms with Crippen LogP contribution in [0.5, 0.6) is 5.75 Å². The molecule has 0 saturated carbocycles. The van der Waals surface area contributed by atoms with Gasteiger partial charge >= 0.3 is 0 Å². The fourth-order valence-corrected chi connectivity index (χ4v) is 4.85. The van der Waals surface area contributed by atoms with Crippen LogP contribution in [-0.2, 0) is 10.0 Å². The van der Waals surface area contributed by atoms with Crippen molar-refractivity contribution in [3.05, 3.63) is 51.8 Å². The third-order valence-electron chi connectivity index (χ3n) is 5.20. The van der Waals surface area contributed by atoms with E-state index >= 15 is 0 Å². The van der Waals surface area contributed by atoms with Gasteiger partial charge in [-0.15, -0.1) is 0 Å². The minimum atomic E-state index is -4.02. The summed E-state index contributed by atoms with van der Waals surface area (Å²) in [5.74, 6) is 1.54. The molecule has 0 fully saturated rings. The van der Waals surface area contributed by atoms with Crippen LogP contribution in [0.4, 0.5) is 17.3 Å². The van der Waals surface area contributed by atoms with Gasteiger partial charge in [-0.2, -0.15) is 0 Å². The number of aromatic nitrogens is 2. The van der Waals surface area contributed by atoms with Crippen LogP contribution >= 0.6 is 11.6 Å². The van der Waals surface area contributed by atoms with Crippen molar-refractivity contribution < 1.29 is 17.9 Å². The number of nitrogens with one attached hydrogen (secondary N) is 2. The van der Waals surface area contributed by atoms with E-state index in [9.17, 15) is 13.5 Å². The minimum Gasteiger partial charge on any atom is -0.504 e. The lowest BCUT2D eigenvalue weighted by Crippen LogP contribution is -2.31. The van der Waals surface area contributed by atoms with Gasteiger partial charge in [-0.3, -0.25) is 0 Å². The molecule has 3 aromatic rings. The number of rotatable bonds is 8. The third-order valence-corrected chi connectivity index (χ3v) is 7.52. The maximum atomic E-state index is 12.7. The Hall–Kier alpha value is -3.22. The summed E-state index contributed by atoms with van der Waals surface area (Å²) in [4.78, 5) is 17.1. The highest BCUT2D eigenvalue weighted by atomic mass is 35.5. The Morgan fingerprint density at radius 3 is 2.41 bits per heavy atom. The van der Waals surface area contributed by atoms with E-state index in [1.54, 1.807) is 0 Å². The number of halogens is 1. The molecule has 34 heavy (non-hydrogen) atoms. The molecule has 4 rings (SSSR count). The average molecular weight is 506 g/mol. The zero-order valence-corrected chi connectivity index (χ0v) is 20.6. The quantitative estimate of drug-likeness (QED) is 0.396. The molecule has 0 amide bonds. The second-order valence-corrected chi connectivity index (χ2v) is 10.3. The summed E-state index contributed by atoms with van der Waals surface area (Å²) in [6.07, 6.45) is 0.685. The van der Waals surface area contributed by atoms with E-state index in [1.807, 2.05) is 26.0 Å². The number of nitrogens with zero attached hydrogens (tertiary/aromatic N) is 5. The second-order valence-electron chi connectivity index (χ2n) is 7.76. The highest BCUT2D eigenvalue weighted by Crippen LogP contribution is 2.39. The predicted molar refractivity (Wildman–Crippen MR) is 127 cm³/mol. The van der Waals surface area contributed by atoms with Crippen LogP contribution in [0.3, 0.4) is 0 Å². The number of anilines is 3. The van der Waals surface area contributed by atoms with Crippen LogP contribution in [0.15, 0.2) is 43.6 Å². The van der Waals surface area contributed by atoms with E-state index in [4.69, 9.17) is 16.0 Å². The van der Waals surface area contributed by atoms with Crippen molar-refractivity contribution in [3.63, 3.8) is 0 Å². The molecular weight excluding hydrogens is 482 g/mol. The number of sulfonamides is 1. The van der Waals surface area contributed by atoms with Crippen LogP contribution in [0.1, 0.15) is 30.9 Å². The van der Waals surface area contributed by atoms with Crippen molar-refractivity contribution in [2.45, 2.75) is 31.2 Å². The zero-order chi connectivity index (χ0) is 24.6. The molecule has 0 aliphatic carbocycles. The van der Waals surface area contributed by atoms with Gasteiger partial charge in [0.15, 0.2) is 28.4 Å². The maximum Gasteiger partial charge on any atom is 0.247 e. The molecule has 0 radical (unpaired) electrons. The zero-order valence-electron chi connectivity index (χ0n) is 19.0. The van der Waals surface area contributed by atoms with E-state index < -0.39 is 20.7 Å². The Bertz CT molecular complexity index is 1470. The number of fused-ring (bicyclic) bond motifs is 1. The molecule has 0 spiro atoms. The number of benzene rings is 1. The number of furan rings is 1. The second kappa shape index (κ2) is 9.20. The van der Waals surface area contributed by atoms with Gasteiger partial charge in [-0.05, 0) is 37.6 Å². The summed E-state index contributed by atoms with van der Waals surface area (Å²) < 4.78 is 32.2. The van der Waals surface area contributed by atoms with Gasteiger partial charge in [0.05, 0.1) is 16.8 Å². The van der Waals surface area contributed by atoms with E-state index in [-0.39, 0.29) is 29.2 Å². The van der Waals surface area contributed by atoms with Crippen LogP contribution in [0.25, 0.3) is 0 Å². The first-order valence-corrected chi connectivity index (χ1v) is 12.2. The molecule has 0 saturated heterocycles. The summed E-state index contributed by atoms with van der Waals surface area (Å²) in [6.45, 7) is 4.07. The van der Waals surface area contributed by atoms with Gasteiger partial charge in [-0.1, -0.05) is 18.5 Å². The van der Waals surface area contributed by atoms with Gasteiger partial charge < -0.3 is 20.2 Å². The van der Waals surface area contributed by atoms with Gasteiger partial charge in [0, 0.05) is 14.1 Å². The van der Waals surface area contributed by atoms with E-state index in [2.05, 4.69) is 30.6 Å². The SMILES string of the molecule is CC[C@@H](Nc1nc2c(nc1Nc1ccc(Cl)c(S(=O)(=O)N(C)C)c1O)=NCN=2)c1ccc(C)o1. The fraction of sp³-hybridized carbons (Fsp3) is 0.333. The normalized spacial score (nSPS) is 13.8. The Morgan fingerprint density at radius 1 is 1.15 bits per heavy atom. The molecule has 3 N–H and O–H groups in total. The molecule has 0 unspecified atom stereocenters. The first-order chi connectivity index (χ1) is 16.1. The summed E-state index contributed by atoms with van der Waals surface area (Å²) >= 11 is 6.13. The van der Waals surface area contributed by atoms with E-state index in [0.29, 0.717) is 23.2 Å².